The molecule has 4 bridgehead atoms. The van der Waals surface area contributed by atoms with E-state index in [2.05, 4.69) is 181 Å². The molecular formula is C52H43N. The number of benzene rings is 7. The Morgan fingerprint density at radius 2 is 0.906 bits per heavy atom. The average Bonchev–Trinajstić information content (AvgIpc) is 3.51. The first kappa shape index (κ1) is 30.9. The fourth-order valence-electron chi connectivity index (χ4n) is 11.6. The third-order valence-corrected chi connectivity index (χ3v) is 13.4. The van der Waals surface area contributed by atoms with Crippen molar-refractivity contribution in [2.24, 2.45) is 23.7 Å². The van der Waals surface area contributed by atoms with Crippen LogP contribution in [0.15, 0.2) is 176 Å². The summed E-state index contributed by atoms with van der Waals surface area (Å²) in [5.74, 6) is 3.26. The highest BCUT2D eigenvalue weighted by molar-refractivity contribution is 5.93. The maximum absolute atomic E-state index is 2.63. The number of anilines is 3. The number of rotatable bonds is 6. The van der Waals surface area contributed by atoms with Crippen molar-refractivity contribution in [2.45, 2.75) is 37.5 Å². The lowest BCUT2D eigenvalue weighted by Crippen LogP contribution is -2.55. The lowest BCUT2D eigenvalue weighted by Gasteiger charge is -2.61. The Morgan fingerprint density at radius 3 is 1.58 bits per heavy atom. The van der Waals surface area contributed by atoms with Crippen molar-refractivity contribution in [2.75, 3.05) is 4.90 Å². The topological polar surface area (TPSA) is 3.24 Å². The molecule has 1 spiro atoms. The summed E-state index contributed by atoms with van der Waals surface area (Å²) in [6.07, 6.45) is 6.99. The molecule has 0 aromatic heterocycles. The number of hydrogen-bond donors (Lipinski definition) is 0. The molecule has 12 rings (SSSR count). The summed E-state index contributed by atoms with van der Waals surface area (Å²) >= 11 is 0. The molecule has 256 valence electrons. The molecule has 4 fully saturated rings. The fraction of sp³-hybridized carbons (Fsp3) is 0.192. The standard InChI is InChI=1S/C52H43N/c1-4-13-37(14-5-1)40-19-12-20-44(32-40)53(51-26-23-41(38-15-6-2-7-16-38)33-48(51)39-17-8-3-9-18-39)45-24-25-47-46-21-10-11-22-49(46)52(50(47)34-45)42-28-35-27-36(30-42)31-43(52)29-35/h1-26,32-36,42-43H,27-31H2. The van der Waals surface area contributed by atoms with E-state index in [0.717, 1.165) is 23.7 Å². The maximum atomic E-state index is 2.63. The highest BCUT2D eigenvalue weighted by atomic mass is 15.1. The van der Waals surface area contributed by atoms with Gasteiger partial charge in [-0.25, -0.2) is 0 Å². The maximum Gasteiger partial charge on any atom is 0.0540 e. The van der Waals surface area contributed by atoms with Crippen LogP contribution in [0.2, 0.25) is 0 Å². The predicted molar refractivity (Wildman–Crippen MR) is 221 cm³/mol. The van der Waals surface area contributed by atoms with Crippen LogP contribution >= 0.6 is 0 Å². The van der Waals surface area contributed by atoms with Crippen molar-refractivity contribution in [3.05, 3.63) is 187 Å². The van der Waals surface area contributed by atoms with E-state index < -0.39 is 0 Å². The Balaban J connectivity index is 1.15. The summed E-state index contributed by atoms with van der Waals surface area (Å²) < 4.78 is 0. The number of hydrogen-bond acceptors (Lipinski definition) is 1. The van der Waals surface area contributed by atoms with Gasteiger partial charge in [0.1, 0.15) is 0 Å². The van der Waals surface area contributed by atoms with Crippen LogP contribution in [-0.2, 0) is 5.41 Å². The molecule has 0 amide bonds. The van der Waals surface area contributed by atoms with Gasteiger partial charge >= 0.3 is 0 Å². The van der Waals surface area contributed by atoms with Crippen molar-refractivity contribution in [1.82, 2.24) is 0 Å². The molecule has 0 unspecified atom stereocenters. The van der Waals surface area contributed by atoms with E-state index in [4.69, 9.17) is 0 Å². The SMILES string of the molecule is c1ccc(-c2cccc(N(c3ccc4c(c3)C3(c5ccccc5-4)C4CC5CC(C4)CC3C5)c3ccc(-c4ccccc4)cc3-c3ccccc3)c2)cc1. The van der Waals surface area contributed by atoms with Gasteiger partial charge in [0, 0.05) is 22.4 Å². The van der Waals surface area contributed by atoms with E-state index in [0.29, 0.717) is 0 Å². The van der Waals surface area contributed by atoms with E-state index in [9.17, 15) is 0 Å². The van der Waals surface area contributed by atoms with Gasteiger partial charge in [-0.2, -0.15) is 0 Å². The van der Waals surface area contributed by atoms with Gasteiger partial charge in [-0.1, -0.05) is 140 Å². The van der Waals surface area contributed by atoms with Gasteiger partial charge in [0.15, 0.2) is 0 Å². The minimum absolute atomic E-state index is 0.104. The van der Waals surface area contributed by atoms with Crippen LogP contribution in [0.25, 0.3) is 44.5 Å². The van der Waals surface area contributed by atoms with Gasteiger partial charge in [0.2, 0.25) is 0 Å². The molecule has 4 saturated carbocycles. The Hall–Kier alpha value is -5.66. The number of fused-ring (bicyclic) bond motifs is 3. The van der Waals surface area contributed by atoms with E-state index in [-0.39, 0.29) is 5.41 Å². The summed E-state index contributed by atoms with van der Waals surface area (Å²) in [7, 11) is 0. The minimum atomic E-state index is 0.104. The minimum Gasteiger partial charge on any atom is -0.310 e. The van der Waals surface area contributed by atoms with Crippen LogP contribution in [0.3, 0.4) is 0 Å². The second kappa shape index (κ2) is 12.2. The van der Waals surface area contributed by atoms with Gasteiger partial charge in [-0.3, -0.25) is 0 Å². The van der Waals surface area contributed by atoms with Crippen molar-refractivity contribution in [1.29, 1.82) is 0 Å². The molecule has 0 N–H and O–H groups in total. The lowest BCUT2D eigenvalue weighted by atomic mass is 9.43. The van der Waals surface area contributed by atoms with E-state index >= 15 is 0 Å². The van der Waals surface area contributed by atoms with Crippen LogP contribution in [0.5, 0.6) is 0 Å². The van der Waals surface area contributed by atoms with Crippen LogP contribution in [0, 0.1) is 23.7 Å². The zero-order valence-electron chi connectivity index (χ0n) is 30.0. The van der Waals surface area contributed by atoms with Crippen molar-refractivity contribution >= 4 is 17.1 Å². The molecule has 5 aliphatic rings. The Kier molecular flexibility index (Phi) is 7.12. The zero-order valence-corrected chi connectivity index (χ0v) is 30.0. The van der Waals surface area contributed by atoms with E-state index in [1.165, 1.54) is 93.7 Å². The van der Waals surface area contributed by atoms with E-state index in [1.54, 1.807) is 11.1 Å². The fourth-order valence-corrected chi connectivity index (χ4v) is 11.6. The van der Waals surface area contributed by atoms with Crippen molar-refractivity contribution in [3.63, 3.8) is 0 Å². The van der Waals surface area contributed by atoms with Gasteiger partial charge in [0.05, 0.1) is 5.69 Å². The first-order chi connectivity index (χ1) is 26.2. The summed E-state index contributed by atoms with van der Waals surface area (Å²) in [5, 5.41) is 0. The smallest absolute Gasteiger partial charge is 0.0540 e. The summed E-state index contributed by atoms with van der Waals surface area (Å²) in [4.78, 5) is 2.55. The average molecular weight is 682 g/mol. The Labute approximate surface area is 313 Å². The summed E-state index contributed by atoms with van der Waals surface area (Å²) in [5.41, 5.74) is 17.2. The Bertz CT molecular complexity index is 2430. The molecule has 0 aliphatic heterocycles. The third-order valence-electron chi connectivity index (χ3n) is 13.4. The monoisotopic (exact) mass is 681 g/mol. The van der Waals surface area contributed by atoms with Crippen molar-refractivity contribution in [3.8, 4) is 44.5 Å². The molecule has 53 heavy (non-hydrogen) atoms. The third kappa shape index (κ3) is 4.83. The number of nitrogens with zero attached hydrogens (tertiary/aromatic N) is 1. The van der Waals surface area contributed by atoms with Crippen LogP contribution in [-0.4, -0.2) is 0 Å². The van der Waals surface area contributed by atoms with Crippen LogP contribution in [0.1, 0.15) is 43.2 Å². The van der Waals surface area contributed by atoms with Gasteiger partial charge in [-0.15, -0.1) is 0 Å². The first-order valence-electron chi connectivity index (χ1n) is 19.7. The second-order valence-corrected chi connectivity index (χ2v) is 16.2. The molecule has 0 atom stereocenters. The predicted octanol–water partition coefficient (Wildman–Crippen LogP) is 13.9. The summed E-state index contributed by atoms with van der Waals surface area (Å²) in [6.45, 7) is 0. The highest BCUT2D eigenvalue weighted by Gasteiger charge is 2.61. The molecule has 7 aromatic carbocycles. The van der Waals surface area contributed by atoms with Gasteiger partial charge in [0.25, 0.3) is 0 Å². The molecule has 0 heterocycles. The zero-order chi connectivity index (χ0) is 34.9. The van der Waals surface area contributed by atoms with Crippen LogP contribution in [0.4, 0.5) is 17.1 Å². The Morgan fingerprint density at radius 1 is 0.358 bits per heavy atom. The molecule has 0 saturated heterocycles. The normalized spacial score (nSPS) is 23.2. The van der Waals surface area contributed by atoms with E-state index in [1.807, 2.05) is 0 Å². The largest absolute Gasteiger partial charge is 0.310 e. The summed E-state index contributed by atoms with van der Waals surface area (Å²) in [6, 6.07) is 65.8. The highest BCUT2D eigenvalue weighted by Crippen LogP contribution is 2.69. The quantitative estimate of drug-likeness (QED) is 0.169. The molecule has 1 nitrogen and oxygen atoms in total. The van der Waals surface area contributed by atoms with Gasteiger partial charge in [-0.05, 0) is 142 Å². The van der Waals surface area contributed by atoms with Crippen LogP contribution < -0.4 is 4.90 Å². The van der Waals surface area contributed by atoms with Gasteiger partial charge < -0.3 is 4.90 Å². The molecule has 1 heteroatoms. The molecular weight excluding hydrogens is 639 g/mol. The lowest BCUT2D eigenvalue weighted by molar-refractivity contribution is -0.0399. The molecule has 0 radical (unpaired) electrons. The second-order valence-electron chi connectivity index (χ2n) is 16.2. The van der Waals surface area contributed by atoms with Crippen molar-refractivity contribution < 1.29 is 0 Å². The first-order valence-corrected chi connectivity index (χ1v) is 19.7. The molecule has 5 aliphatic carbocycles. The molecule has 7 aromatic rings.